The minimum absolute atomic E-state index is 0.106. The van der Waals surface area contributed by atoms with Crippen molar-refractivity contribution in [2.45, 2.75) is 25.1 Å². The van der Waals surface area contributed by atoms with E-state index in [0.717, 1.165) is 11.3 Å². The molecular weight excluding hydrogens is 507 g/mol. The van der Waals surface area contributed by atoms with Crippen LogP contribution in [0.3, 0.4) is 0 Å². The number of alkyl halides is 3. The van der Waals surface area contributed by atoms with Crippen LogP contribution in [0.1, 0.15) is 29.3 Å². The number of amides is 2. The van der Waals surface area contributed by atoms with E-state index in [4.69, 9.17) is 14.6 Å². The highest BCUT2D eigenvalue weighted by Crippen LogP contribution is 2.34. The Labute approximate surface area is 214 Å². The van der Waals surface area contributed by atoms with E-state index in [1.165, 1.54) is 0 Å². The number of hydrogen-bond donors (Lipinski definition) is 3. The van der Waals surface area contributed by atoms with E-state index < -0.39 is 17.7 Å². The van der Waals surface area contributed by atoms with Crippen molar-refractivity contribution >= 4 is 17.8 Å². The summed E-state index contributed by atoms with van der Waals surface area (Å²) in [5, 5.41) is 22.4. The lowest BCUT2D eigenvalue weighted by Crippen LogP contribution is -2.49. The highest BCUT2D eigenvalue weighted by molar-refractivity contribution is 5.86. The zero-order valence-electron chi connectivity index (χ0n) is 20.2. The van der Waals surface area contributed by atoms with Crippen LogP contribution in [0.5, 0.6) is 11.5 Å². The topological polar surface area (TPSA) is 146 Å². The number of carboxylic acids is 1. The number of carbonyl (C=O) groups excluding carboxylic acids is 2. The number of imidazole rings is 1. The molecule has 4 rings (SSSR count). The number of benzene rings is 2. The molecule has 4 bridgehead atoms. The summed E-state index contributed by atoms with van der Waals surface area (Å²) in [6.07, 6.45) is -1.66. The SMILES string of the molecule is Cn1cncc1C1(C)NC(=O)CNC(=O)Cc2cccc(c2)Oc2cc1ccc2C#N.O=C(O)C(F)(F)F. The van der Waals surface area contributed by atoms with Crippen LogP contribution in [0, 0.1) is 11.3 Å². The van der Waals surface area contributed by atoms with Crippen molar-refractivity contribution in [3.05, 3.63) is 77.4 Å². The summed E-state index contributed by atoms with van der Waals surface area (Å²) >= 11 is 0. The second-order valence-electron chi connectivity index (χ2n) is 8.39. The fourth-order valence-corrected chi connectivity index (χ4v) is 3.73. The zero-order valence-corrected chi connectivity index (χ0v) is 20.2. The number of nitrogens with zero attached hydrogens (tertiary/aromatic N) is 3. The Morgan fingerprint density at radius 2 is 1.92 bits per heavy atom. The summed E-state index contributed by atoms with van der Waals surface area (Å²) in [4.78, 5) is 38.2. The molecule has 0 saturated carbocycles. The Morgan fingerprint density at radius 3 is 2.53 bits per heavy atom. The van der Waals surface area contributed by atoms with E-state index in [0.29, 0.717) is 22.6 Å². The largest absolute Gasteiger partial charge is 0.490 e. The number of hydrogen-bond acceptors (Lipinski definition) is 6. The molecule has 0 saturated heterocycles. The van der Waals surface area contributed by atoms with Gasteiger partial charge in [-0.3, -0.25) is 9.59 Å². The Kier molecular flexibility index (Phi) is 8.05. The smallest absolute Gasteiger partial charge is 0.475 e. The number of aliphatic carboxylic acids is 1. The molecule has 0 radical (unpaired) electrons. The molecule has 1 aromatic heterocycles. The molecule has 13 heteroatoms. The normalized spacial score (nSPS) is 17.4. The van der Waals surface area contributed by atoms with Crippen LogP contribution in [0.4, 0.5) is 13.2 Å². The van der Waals surface area contributed by atoms with Gasteiger partial charge < -0.3 is 25.0 Å². The van der Waals surface area contributed by atoms with Gasteiger partial charge in [-0.1, -0.05) is 18.2 Å². The fraction of sp³-hybridized carbons (Fsp3) is 0.240. The van der Waals surface area contributed by atoms with E-state index in [2.05, 4.69) is 21.7 Å². The fourth-order valence-electron chi connectivity index (χ4n) is 3.73. The van der Waals surface area contributed by atoms with E-state index in [-0.39, 0.29) is 24.8 Å². The van der Waals surface area contributed by atoms with Crippen molar-refractivity contribution in [3.8, 4) is 17.6 Å². The van der Waals surface area contributed by atoms with Gasteiger partial charge in [0.25, 0.3) is 0 Å². The lowest BCUT2D eigenvalue weighted by molar-refractivity contribution is -0.192. The Hall–Kier alpha value is -4.86. The highest BCUT2D eigenvalue weighted by Gasteiger charge is 2.38. The number of carbonyl (C=O) groups is 3. The summed E-state index contributed by atoms with van der Waals surface area (Å²) < 4.78 is 39.6. The molecule has 1 unspecified atom stereocenters. The third-order valence-electron chi connectivity index (χ3n) is 5.58. The van der Waals surface area contributed by atoms with Gasteiger partial charge in [-0.15, -0.1) is 0 Å². The number of nitriles is 1. The molecule has 10 nitrogen and oxygen atoms in total. The Bertz CT molecular complexity index is 1410. The van der Waals surface area contributed by atoms with Gasteiger partial charge in [0.15, 0.2) is 0 Å². The maximum Gasteiger partial charge on any atom is 0.490 e. The predicted molar refractivity (Wildman–Crippen MR) is 126 cm³/mol. The maximum absolute atomic E-state index is 12.8. The van der Waals surface area contributed by atoms with Crippen LogP contribution < -0.4 is 15.4 Å². The van der Waals surface area contributed by atoms with Crippen LogP contribution in [-0.4, -0.2) is 45.2 Å². The summed E-state index contributed by atoms with van der Waals surface area (Å²) in [5.74, 6) is -2.51. The van der Waals surface area contributed by atoms with Crippen LogP contribution in [0.15, 0.2) is 55.0 Å². The molecule has 0 spiro atoms. The highest BCUT2D eigenvalue weighted by atomic mass is 19.4. The molecule has 2 aromatic carbocycles. The summed E-state index contributed by atoms with van der Waals surface area (Å²) in [6.45, 7) is 1.69. The molecule has 1 aliphatic heterocycles. The number of aromatic nitrogens is 2. The standard InChI is InChI=1S/C23H21N5O3.C2HF3O2/c1-23(20-12-25-14-28(20)2)17-7-6-16(11-24)19(10-17)31-18-5-3-4-15(8-18)9-21(29)26-13-22(30)27-23;3-2(4,5)1(6)7/h3-8,10,12,14H,9,13H2,1-2H3,(H,26,29)(H,27,30);(H,6,7). The van der Waals surface area contributed by atoms with Crippen molar-refractivity contribution in [3.63, 3.8) is 0 Å². The van der Waals surface area contributed by atoms with Gasteiger partial charge >= 0.3 is 12.1 Å². The van der Waals surface area contributed by atoms with E-state index in [9.17, 15) is 28.0 Å². The van der Waals surface area contributed by atoms with Crippen LogP contribution >= 0.6 is 0 Å². The first-order valence-corrected chi connectivity index (χ1v) is 11.0. The van der Waals surface area contributed by atoms with Crippen molar-refractivity contribution < 1.29 is 37.4 Å². The predicted octanol–water partition coefficient (Wildman–Crippen LogP) is 2.77. The van der Waals surface area contributed by atoms with Gasteiger partial charge in [0, 0.05) is 7.05 Å². The van der Waals surface area contributed by atoms with Crippen molar-refractivity contribution in [2.24, 2.45) is 7.05 Å². The Balaban J connectivity index is 0.000000505. The number of ether oxygens (including phenoxy) is 1. The van der Waals surface area contributed by atoms with E-state index in [1.807, 2.05) is 18.5 Å². The van der Waals surface area contributed by atoms with Crippen LogP contribution in [0.2, 0.25) is 0 Å². The molecule has 2 heterocycles. The minimum Gasteiger partial charge on any atom is -0.475 e. The molecule has 0 aliphatic carbocycles. The number of fused-ring (bicyclic) bond motifs is 4. The molecule has 38 heavy (non-hydrogen) atoms. The molecule has 2 amide bonds. The van der Waals surface area contributed by atoms with Gasteiger partial charge in [0.05, 0.1) is 36.7 Å². The van der Waals surface area contributed by atoms with E-state index in [1.54, 1.807) is 55.0 Å². The van der Waals surface area contributed by atoms with Gasteiger partial charge in [-0.2, -0.15) is 18.4 Å². The van der Waals surface area contributed by atoms with Gasteiger partial charge in [0.2, 0.25) is 11.8 Å². The summed E-state index contributed by atoms with van der Waals surface area (Å²) in [5.41, 5.74) is 1.56. The van der Waals surface area contributed by atoms with Crippen LogP contribution in [-0.2, 0) is 33.4 Å². The van der Waals surface area contributed by atoms with Crippen molar-refractivity contribution in [2.75, 3.05) is 6.54 Å². The molecular formula is C25H22F3N5O5. The molecule has 198 valence electrons. The molecule has 3 aromatic rings. The number of aryl methyl sites for hydroxylation is 1. The van der Waals surface area contributed by atoms with Gasteiger partial charge in [-0.05, 0) is 42.3 Å². The van der Waals surface area contributed by atoms with E-state index >= 15 is 0 Å². The average Bonchev–Trinajstić information content (AvgIpc) is 3.29. The first-order valence-electron chi connectivity index (χ1n) is 11.0. The third-order valence-corrected chi connectivity index (χ3v) is 5.58. The van der Waals surface area contributed by atoms with Crippen molar-refractivity contribution in [1.29, 1.82) is 5.26 Å². The van der Waals surface area contributed by atoms with Crippen molar-refractivity contribution in [1.82, 2.24) is 20.2 Å². The molecule has 1 atom stereocenters. The number of nitrogens with one attached hydrogen (secondary N) is 2. The minimum atomic E-state index is -5.08. The monoisotopic (exact) mass is 529 g/mol. The zero-order chi connectivity index (χ0) is 28.1. The average molecular weight is 529 g/mol. The summed E-state index contributed by atoms with van der Waals surface area (Å²) in [7, 11) is 1.83. The Morgan fingerprint density at radius 1 is 1.21 bits per heavy atom. The molecule has 1 aliphatic rings. The second kappa shape index (κ2) is 11.0. The lowest BCUT2D eigenvalue weighted by Gasteiger charge is -2.32. The first-order chi connectivity index (χ1) is 17.8. The third kappa shape index (κ3) is 6.47. The van der Waals surface area contributed by atoms with Crippen LogP contribution in [0.25, 0.3) is 0 Å². The van der Waals surface area contributed by atoms with Gasteiger partial charge in [-0.25, -0.2) is 9.78 Å². The van der Waals surface area contributed by atoms with Gasteiger partial charge in [0.1, 0.15) is 23.1 Å². The first kappa shape index (κ1) is 27.7. The number of halogens is 3. The molecule has 3 N–H and O–H groups in total. The quantitative estimate of drug-likeness (QED) is 0.439. The second-order valence-corrected chi connectivity index (χ2v) is 8.39. The number of carboxylic acid groups (broad SMARTS) is 1. The number of rotatable bonds is 1. The summed E-state index contributed by atoms with van der Waals surface area (Å²) in [6, 6.07) is 14.5. The lowest BCUT2D eigenvalue weighted by atomic mass is 9.87. The molecule has 0 fully saturated rings. The maximum atomic E-state index is 12.8.